The van der Waals surface area contributed by atoms with Crippen LogP contribution in [0.25, 0.3) is 0 Å². The summed E-state index contributed by atoms with van der Waals surface area (Å²) in [6, 6.07) is 16.7. The lowest BCUT2D eigenvalue weighted by atomic mass is 9.89. The lowest BCUT2D eigenvalue weighted by Gasteiger charge is -2.23. The normalized spacial score (nSPS) is 25.6. The van der Waals surface area contributed by atoms with Gasteiger partial charge in [0.05, 0.1) is 11.7 Å². The first-order valence-electron chi connectivity index (χ1n) is 9.24. The molecular weight excluding hydrogens is 365 g/mol. The van der Waals surface area contributed by atoms with E-state index in [0.29, 0.717) is 30.6 Å². The Bertz CT molecular complexity index is 788. The zero-order valence-electron chi connectivity index (χ0n) is 15.1. The van der Waals surface area contributed by atoms with Crippen molar-refractivity contribution in [2.75, 3.05) is 31.1 Å². The van der Waals surface area contributed by atoms with Gasteiger partial charge in [0.25, 0.3) is 0 Å². The summed E-state index contributed by atoms with van der Waals surface area (Å²) in [5.74, 6) is 0.341. The number of hydrogen-bond acceptors (Lipinski definition) is 3. The Balaban J connectivity index is 0.00000210. The standard InChI is InChI=1S/C21H24FN3O.ClH/c22-18-8-4-5-9-19(18)25-11-10-20(21(25)26)24-13-16(12-23)17(14-24)15-6-2-1-3-7-15;/h1-9,16-17,20H,10-14,23H2;1H/t16-,17+,20?;/m1./s1. The summed E-state index contributed by atoms with van der Waals surface area (Å²) in [6.45, 7) is 2.81. The van der Waals surface area contributed by atoms with Crippen molar-refractivity contribution >= 4 is 24.0 Å². The van der Waals surface area contributed by atoms with Gasteiger partial charge in [-0.3, -0.25) is 9.69 Å². The highest BCUT2D eigenvalue weighted by atomic mass is 35.5. The Kier molecular flexibility index (Phi) is 6.15. The van der Waals surface area contributed by atoms with E-state index >= 15 is 0 Å². The molecule has 144 valence electrons. The summed E-state index contributed by atoms with van der Waals surface area (Å²) < 4.78 is 14.1. The van der Waals surface area contributed by atoms with Crippen LogP contribution in [0.1, 0.15) is 17.9 Å². The Morgan fingerprint density at radius 3 is 2.44 bits per heavy atom. The van der Waals surface area contributed by atoms with Gasteiger partial charge in [0, 0.05) is 25.6 Å². The van der Waals surface area contributed by atoms with Gasteiger partial charge in [-0.1, -0.05) is 42.5 Å². The number of carbonyl (C=O) groups excluding carboxylic acids is 1. The molecule has 2 saturated heterocycles. The Hall–Kier alpha value is -1.95. The third kappa shape index (κ3) is 3.72. The van der Waals surface area contributed by atoms with Crippen molar-refractivity contribution in [3.05, 3.63) is 66.0 Å². The number of amides is 1. The molecule has 1 amide bonds. The third-order valence-corrected chi connectivity index (χ3v) is 5.76. The lowest BCUT2D eigenvalue weighted by molar-refractivity contribution is -0.121. The van der Waals surface area contributed by atoms with Gasteiger partial charge >= 0.3 is 0 Å². The molecule has 1 unspecified atom stereocenters. The van der Waals surface area contributed by atoms with E-state index in [9.17, 15) is 9.18 Å². The second kappa shape index (κ2) is 8.38. The minimum absolute atomic E-state index is 0. The summed E-state index contributed by atoms with van der Waals surface area (Å²) >= 11 is 0. The number of para-hydroxylation sites is 1. The molecule has 0 spiro atoms. The van der Waals surface area contributed by atoms with E-state index in [1.54, 1.807) is 23.1 Å². The molecule has 0 saturated carbocycles. The first-order valence-corrected chi connectivity index (χ1v) is 9.24. The quantitative estimate of drug-likeness (QED) is 0.874. The molecule has 0 bridgehead atoms. The van der Waals surface area contributed by atoms with Gasteiger partial charge in [0.1, 0.15) is 5.82 Å². The minimum atomic E-state index is -0.343. The van der Waals surface area contributed by atoms with E-state index in [4.69, 9.17) is 5.73 Å². The molecule has 2 aliphatic rings. The molecular formula is C21H25ClFN3O. The Morgan fingerprint density at radius 1 is 1.04 bits per heavy atom. The second-order valence-corrected chi connectivity index (χ2v) is 7.21. The SMILES string of the molecule is Cl.NC[C@@H]1CN(C2CCN(c3ccccc3F)C2=O)C[C@H]1c1ccccc1. The van der Waals surface area contributed by atoms with E-state index in [2.05, 4.69) is 17.0 Å². The number of carbonyl (C=O) groups is 1. The van der Waals surface area contributed by atoms with Crippen LogP contribution in [0.3, 0.4) is 0 Å². The molecule has 0 radical (unpaired) electrons. The summed E-state index contributed by atoms with van der Waals surface area (Å²) in [6.07, 6.45) is 0.728. The van der Waals surface area contributed by atoms with E-state index in [1.807, 2.05) is 18.2 Å². The van der Waals surface area contributed by atoms with E-state index < -0.39 is 0 Å². The van der Waals surface area contributed by atoms with E-state index in [-0.39, 0.29) is 30.2 Å². The molecule has 3 atom stereocenters. The Morgan fingerprint density at radius 2 is 1.74 bits per heavy atom. The molecule has 2 aromatic carbocycles. The van der Waals surface area contributed by atoms with E-state index in [0.717, 1.165) is 19.5 Å². The van der Waals surface area contributed by atoms with Crippen LogP contribution in [0.2, 0.25) is 0 Å². The van der Waals surface area contributed by atoms with Gasteiger partial charge in [-0.05, 0) is 36.6 Å². The van der Waals surface area contributed by atoms with E-state index in [1.165, 1.54) is 11.6 Å². The lowest BCUT2D eigenvalue weighted by Crippen LogP contribution is -2.41. The number of benzene rings is 2. The van der Waals surface area contributed by atoms with Crippen LogP contribution >= 0.6 is 12.4 Å². The van der Waals surface area contributed by atoms with Crippen LogP contribution in [0.15, 0.2) is 54.6 Å². The molecule has 2 aromatic rings. The highest BCUT2D eigenvalue weighted by molar-refractivity contribution is 5.99. The number of anilines is 1. The fourth-order valence-electron chi connectivity index (χ4n) is 4.39. The maximum Gasteiger partial charge on any atom is 0.244 e. The van der Waals surface area contributed by atoms with Gasteiger partial charge < -0.3 is 10.6 Å². The average Bonchev–Trinajstić information content (AvgIpc) is 3.26. The molecule has 4 rings (SSSR count). The first-order chi connectivity index (χ1) is 12.7. The van der Waals surface area contributed by atoms with Crippen molar-refractivity contribution in [1.29, 1.82) is 0 Å². The zero-order chi connectivity index (χ0) is 18.1. The fraction of sp³-hybridized carbons (Fsp3) is 0.381. The summed E-state index contributed by atoms with van der Waals surface area (Å²) in [7, 11) is 0. The average molecular weight is 390 g/mol. The first kappa shape index (κ1) is 19.8. The summed E-state index contributed by atoms with van der Waals surface area (Å²) in [4.78, 5) is 16.8. The van der Waals surface area contributed by atoms with Crippen molar-refractivity contribution in [2.24, 2.45) is 11.7 Å². The maximum atomic E-state index is 14.1. The molecule has 4 nitrogen and oxygen atoms in total. The smallest absolute Gasteiger partial charge is 0.244 e. The molecule has 0 aliphatic carbocycles. The van der Waals surface area contributed by atoms with Gasteiger partial charge in [0.15, 0.2) is 0 Å². The molecule has 27 heavy (non-hydrogen) atoms. The minimum Gasteiger partial charge on any atom is -0.330 e. The number of rotatable bonds is 4. The number of likely N-dealkylation sites (tertiary alicyclic amines) is 1. The maximum absolute atomic E-state index is 14.1. The van der Waals surface area contributed by atoms with Crippen molar-refractivity contribution < 1.29 is 9.18 Å². The molecule has 2 fully saturated rings. The predicted octanol–water partition coefficient (Wildman–Crippen LogP) is 3.03. The van der Waals surface area contributed by atoms with Crippen LogP contribution in [-0.4, -0.2) is 43.0 Å². The van der Waals surface area contributed by atoms with Crippen LogP contribution in [0, 0.1) is 11.7 Å². The van der Waals surface area contributed by atoms with Crippen LogP contribution in [0.4, 0.5) is 10.1 Å². The van der Waals surface area contributed by atoms with Gasteiger partial charge in [-0.25, -0.2) is 4.39 Å². The number of halogens is 2. The third-order valence-electron chi connectivity index (χ3n) is 5.76. The predicted molar refractivity (Wildman–Crippen MR) is 108 cm³/mol. The van der Waals surface area contributed by atoms with Gasteiger partial charge in [0.2, 0.25) is 5.91 Å². The Labute approximate surface area is 165 Å². The van der Waals surface area contributed by atoms with Crippen molar-refractivity contribution in [3.63, 3.8) is 0 Å². The highest BCUT2D eigenvalue weighted by Crippen LogP contribution is 2.36. The molecule has 0 aromatic heterocycles. The number of nitrogens with two attached hydrogens (primary N) is 1. The number of hydrogen-bond donors (Lipinski definition) is 1. The summed E-state index contributed by atoms with van der Waals surface area (Å²) in [5, 5.41) is 0. The molecule has 2 heterocycles. The molecule has 6 heteroatoms. The van der Waals surface area contributed by atoms with Crippen molar-refractivity contribution in [2.45, 2.75) is 18.4 Å². The van der Waals surface area contributed by atoms with Crippen molar-refractivity contribution in [1.82, 2.24) is 4.90 Å². The highest BCUT2D eigenvalue weighted by Gasteiger charge is 2.43. The molecule has 2 aliphatic heterocycles. The van der Waals surface area contributed by atoms with Gasteiger partial charge in [-0.15, -0.1) is 12.4 Å². The van der Waals surface area contributed by atoms with Crippen LogP contribution < -0.4 is 10.6 Å². The summed E-state index contributed by atoms with van der Waals surface area (Å²) in [5.41, 5.74) is 7.69. The topological polar surface area (TPSA) is 49.6 Å². The van der Waals surface area contributed by atoms with Crippen LogP contribution in [-0.2, 0) is 4.79 Å². The fourth-order valence-corrected chi connectivity index (χ4v) is 4.39. The van der Waals surface area contributed by atoms with Crippen molar-refractivity contribution in [3.8, 4) is 0 Å². The number of nitrogens with zero attached hydrogens (tertiary/aromatic N) is 2. The zero-order valence-corrected chi connectivity index (χ0v) is 15.9. The largest absolute Gasteiger partial charge is 0.330 e. The van der Waals surface area contributed by atoms with Gasteiger partial charge in [-0.2, -0.15) is 0 Å². The molecule has 2 N–H and O–H groups in total. The monoisotopic (exact) mass is 389 g/mol. The van der Waals surface area contributed by atoms with Crippen LogP contribution in [0.5, 0.6) is 0 Å². The second-order valence-electron chi connectivity index (χ2n) is 7.21.